The second kappa shape index (κ2) is 7.51. The van der Waals surface area contributed by atoms with Gasteiger partial charge in [-0.15, -0.1) is 0 Å². The first-order valence-corrected chi connectivity index (χ1v) is 7.16. The molecule has 0 aliphatic rings. The minimum Gasteiger partial charge on any atom is -0.273 e. The first-order valence-electron chi connectivity index (χ1n) is 6.78. The highest BCUT2D eigenvalue weighted by atomic mass is 35.5. The highest BCUT2D eigenvalue weighted by molar-refractivity contribution is 6.34. The number of hydrogen-bond acceptors (Lipinski definition) is 4. The van der Waals surface area contributed by atoms with Crippen LogP contribution in [0.25, 0.3) is 0 Å². The average Bonchev–Trinajstić information content (AvgIpc) is 2.53. The van der Waals surface area contributed by atoms with Crippen LogP contribution >= 0.6 is 11.6 Å². The lowest BCUT2D eigenvalue weighted by atomic mass is 10.1. The van der Waals surface area contributed by atoms with Gasteiger partial charge < -0.3 is 0 Å². The van der Waals surface area contributed by atoms with Crippen LogP contribution in [0, 0.1) is 10.1 Å². The summed E-state index contributed by atoms with van der Waals surface area (Å²) in [5.41, 5.74) is 4.43. The second-order valence-corrected chi connectivity index (χ2v) is 5.22. The average molecular weight is 332 g/mol. The first-order chi connectivity index (χ1) is 11.0. The fourth-order valence-electron chi connectivity index (χ4n) is 1.92. The van der Waals surface area contributed by atoms with Crippen molar-refractivity contribution in [3.8, 4) is 0 Å². The zero-order chi connectivity index (χ0) is 16.8. The van der Waals surface area contributed by atoms with Crippen molar-refractivity contribution in [2.24, 2.45) is 5.10 Å². The summed E-state index contributed by atoms with van der Waals surface area (Å²) < 4.78 is 0. The fraction of sp³-hybridized carbons (Fsp3) is 0.125. The molecule has 0 saturated carbocycles. The molecule has 1 amide bonds. The maximum Gasteiger partial charge on any atom is 0.269 e. The van der Waals surface area contributed by atoms with E-state index in [1.807, 2.05) is 18.2 Å². The maximum absolute atomic E-state index is 11.9. The van der Waals surface area contributed by atoms with E-state index >= 15 is 0 Å². The van der Waals surface area contributed by atoms with Crippen LogP contribution in [0.2, 0.25) is 5.02 Å². The number of amides is 1. The zero-order valence-corrected chi connectivity index (χ0v) is 13.1. The number of rotatable bonds is 5. The van der Waals surface area contributed by atoms with E-state index < -0.39 is 4.92 Å². The molecular weight excluding hydrogens is 318 g/mol. The molecule has 0 saturated heterocycles. The Kier molecular flexibility index (Phi) is 5.43. The van der Waals surface area contributed by atoms with E-state index in [0.29, 0.717) is 16.3 Å². The molecule has 2 aromatic carbocycles. The standard InChI is InChI=1S/C16H14ClN3O3/c1-11(14-4-2-3-5-15(14)17)18-19-16(21)10-12-6-8-13(9-7-12)20(22)23/h2-9H,10H2,1H3,(H,19,21)/b18-11+. The van der Waals surface area contributed by atoms with Crippen LogP contribution in [0.5, 0.6) is 0 Å². The van der Waals surface area contributed by atoms with Gasteiger partial charge in [0.05, 0.1) is 17.1 Å². The summed E-state index contributed by atoms with van der Waals surface area (Å²) in [6, 6.07) is 13.0. The number of carbonyl (C=O) groups is 1. The molecular formula is C16H14ClN3O3. The Labute approximate surface area is 137 Å². The molecule has 7 heteroatoms. The van der Waals surface area contributed by atoms with E-state index in [4.69, 9.17) is 11.6 Å². The Bertz CT molecular complexity index is 757. The topological polar surface area (TPSA) is 84.6 Å². The number of carbonyl (C=O) groups excluding carboxylic acids is 1. The molecule has 2 rings (SSSR count). The highest BCUT2D eigenvalue weighted by Gasteiger charge is 2.08. The van der Waals surface area contributed by atoms with E-state index in [0.717, 1.165) is 5.56 Å². The van der Waals surface area contributed by atoms with Crippen molar-refractivity contribution >= 4 is 28.9 Å². The first kappa shape index (κ1) is 16.6. The van der Waals surface area contributed by atoms with Gasteiger partial charge in [-0.3, -0.25) is 14.9 Å². The predicted octanol–water partition coefficient (Wildman–Crippen LogP) is 3.33. The summed E-state index contributed by atoms with van der Waals surface area (Å²) in [5, 5.41) is 15.1. The molecule has 0 unspecified atom stereocenters. The van der Waals surface area contributed by atoms with E-state index in [1.165, 1.54) is 12.1 Å². The van der Waals surface area contributed by atoms with Crippen LogP contribution in [0.4, 0.5) is 5.69 Å². The third kappa shape index (κ3) is 4.62. The number of nitrogens with one attached hydrogen (secondary N) is 1. The van der Waals surface area contributed by atoms with Crippen molar-refractivity contribution in [3.63, 3.8) is 0 Å². The summed E-state index contributed by atoms with van der Waals surface area (Å²) in [5.74, 6) is -0.315. The molecule has 118 valence electrons. The van der Waals surface area contributed by atoms with Gasteiger partial charge in [-0.2, -0.15) is 5.10 Å². The van der Waals surface area contributed by atoms with Gasteiger partial charge in [-0.25, -0.2) is 5.43 Å². The molecule has 23 heavy (non-hydrogen) atoms. The number of nitro groups is 1. The molecule has 1 N–H and O–H groups in total. The van der Waals surface area contributed by atoms with Gasteiger partial charge in [0.1, 0.15) is 0 Å². The molecule has 0 aliphatic heterocycles. The molecule has 0 aliphatic carbocycles. The van der Waals surface area contributed by atoms with Crippen LogP contribution in [-0.4, -0.2) is 16.5 Å². The Hall–Kier alpha value is -2.73. The number of benzene rings is 2. The van der Waals surface area contributed by atoms with Crippen LogP contribution in [0.15, 0.2) is 53.6 Å². The normalized spacial score (nSPS) is 11.1. The Morgan fingerprint density at radius 3 is 2.48 bits per heavy atom. The number of non-ortho nitro benzene ring substituents is 1. The van der Waals surface area contributed by atoms with Crippen molar-refractivity contribution in [1.29, 1.82) is 0 Å². The maximum atomic E-state index is 11.9. The van der Waals surface area contributed by atoms with Gasteiger partial charge in [-0.1, -0.05) is 41.9 Å². The third-order valence-electron chi connectivity index (χ3n) is 3.12. The summed E-state index contributed by atoms with van der Waals surface area (Å²) in [7, 11) is 0. The fourth-order valence-corrected chi connectivity index (χ4v) is 2.19. The van der Waals surface area contributed by atoms with E-state index in [-0.39, 0.29) is 18.0 Å². The minimum absolute atomic E-state index is 0.0123. The van der Waals surface area contributed by atoms with Crippen molar-refractivity contribution in [1.82, 2.24) is 5.43 Å². The molecule has 0 spiro atoms. The number of hydrazone groups is 1. The number of halogens is 1. The molecule has 0 bridgehead atoms. The number of hydrogen-bond donors (Lipinski definition) is 1. The summed E-state index contributed by atoms with van der Waals surface area (Å²) in [6.45, 7) is 1.74. The second-order valence-electron chi connectivity index (χ2n) is 4.81. The van der Waals surface area contributed by atoms with Gasteiger partial charge >= 0.3 is 0 Å². The molecule has 0 aromatic heterocycles. The Morgan fingerprint density at radius 2 is 1.87 bits per heavy atom. The smallest absolute Gasteiger partial charge is 0.269 e. The molecule has 0 heterocycles. The van der Waals surface area contributed by atoms with E-state index in [9.17, 15) is 14.9 Å². The SMILES string of the molecule is C/C(=N\NC(=O)Cc1ccc([N+](=O)[O-])cc1)c1ccccc1Cl. The van der Waals surface area contributed by atoms with Crippen molar-refractivity contribution in [2.75, 3.05) is 0 Å². The van der Waals surface area contributed by atoms with Crippen LogP contribution in [0.3, 0.4) is 0 Å². The Morgan fingerprint density at radius 1 is 1.22 bits per heavy atom. The largest absolute Gasteiger partial charge is 0.273 e. The van der Waals surface area contributed by atoms with Gasteiger partial charge in [-0.05, 0) is 18.6 Å². The lowest BCUT2D eigenvalue weighted by molar-refractivity contribution is -0.384. The van der Waals surface area contributed by atoms with Gasteiger partial charge in [0.15, 0.2) is 0 Å². The van der Waals surface area contributed by atoms with E-state index in [2.05, 4.69) is 10.5 Å². The van der Waals surface area contributed by atoms with Crippen molar-refractivity contribution < 1.29 is 9.72 Å². The van der Waals surface area contributed by atoms with Crippen LogP contribution < -0.4 is 5.43 Å². The molecule has 2 aromatic rings. The van der Waals surface area contributed by atoms with Gasteiger partial charge in [0.25, 0.3) is 5.69 Å². The number of nitrogens with zero attached hydrogens (tertiary/aromatic N) is 2. The molecule has 6 nitrogen and oxygen atoms in total. The lowest BCUT2D eigenvalue weighted by Gasteiger charge is -2.05. The zero-order valence-electron chi connectivity index (χ0n) is 12.3. The highest BCUT2D eigenvalue weighted by Crippen LogP contribution is 2.15. The van der Waals surface area contributed by atoms with Crippen LogP contribution in [0.1, 0.15) is 18.1 Å². The summed E-state index contributed by atoms with van der Waals surface area (Å²) in [4.78, 5) is 22.0. The van der Waals surface area contributed by atoms with Gasteiger partial charge in [0, 0.05) is 22.7 Å². The van der Waals surface area contributed by atoms with E-state index in [1.54, 1.807) is 25.1 Å². The third-order valence-corrected chi connectivity index (χ3v) is 3.45. The quantitative estimate of drug-likeness (QED) is 0.518. The number of nitro benzene ring substituents is 1. The van der Waals surface area contributed by atoms with Crippen LogP contribution in [-0.2, 0) is 11.2 Å². The summed E-state index contributed by atoms with van der Waals surface area (Å²) in [6.07, 6.45) is 0.0807. The molecule has 0 radical (unpaired) electrons. The van der Waals surface area contributed by atoms with Gasteiger partial charge in [0.2, 0.25) is 5.91 Å². The predicted molar refractivity (Wildman–Crippen MR) is 88.6 cm³/mol. The van der Waals surface area contributed by atoms with Crippen molar-refractivity contribution in [3.05, 3.63) is 74.8 Å². The Balaban J connectivity index is 1.98. The minimum atomic E-state index is -0.485. The summed E-state index contributed by atoms with van der Waals surface area (Å²) >= 11 is 6.06. The molecule has 0 fully saturated rings. The molecule has 0 atom stereocenters. The lowest BCUT2D eigenvalue weighted by Crippen LogP contribution is -2.21. The van der Waals surface area contributed by atoms with Crippen molar-refractivity contribution in [2.45, 2.75) is 13.3 Å². The monoisotopic (exact) mass is 331 g/mol.